The quantitative estimate of drug-likeness (QED) is 0.805. The number of phenolic OH excluding ortho intramolecular Hbond substituents is 1. The molecule has 0 saturated heterocycles. The molecule has 0 aromatic heterocycles. The summed E-state index contributed by atoms with van der Waals surface area (Å²) in [6.07, 6.45) is 0.494. The number of hydrogen-bond donors (Lipinski definition) is 2. The molecule has 2 aromatic carbocycles. The monoisotopic (exact) mass is 272 g/mol. The molecular weight excluding hydrogens is 254 g/mol. The summed E-state index contributed by atoms with van der Waals surface area (Å²) in [5.41, 5.74) is 5.73. The van der Waals surface area contributed by atoms with Gasteiger partial charge in [0.05, 0.1) is 0 Å². The predicted octanol–water partition coefficient (Wildman–Crippen LogP) is 1.29. The van der Waals surface area contributed by atoms with Crippen LogP contribution in [0.2, 0.25) is 0 Å². The fourth-order valence-electron chi connectivity index (χ4n) is 1.85. The second-order valence-electron chi connectivity index (χ2n) is 4.66. The maximum Gasteiger partial charge on any atom is 0.365 e. The number of quaternary nitrogens is 1. The summed E-state index contributed by atoms with van der Waals surface area (Å²) >= 11 is 0. The van der Waals surface area contributed by atoms with Gasteiger partial charge in [0, 0.05) is 6.42 Å². The van der Waals surface area contributed by atoms with Crippen molar-refractivity contribution in [1.82, 2.24) is 0 Å². The Labute approximate surface area is 117 Å². The molecule has 0 bridgehead atoms. The Morgan fingerprint density at radius 1 is 1.05 bits per heavy atom. The zero-order valence-corrected chi connectivity index (χ0v) is 11.2. The van der Waals surface area contributed by atoms with Gasteiger partial charge in [0.15, 0.2) is 6.04 Å². The van der Waals surface area contributed by atoms with Crippen LogP contribution in [0.3, 0.4) is 0 Å². The van der Waals surface area contributed by atoms with Gasteiger partial charge in [-0.15, -0.1) is 0 Å². The number of aromatic hydroxyl groups is 1. The molecule has 2 rings (SSSR count). The second-order valence-corrected chi connectivity index (χ2v) is 4.66. The summed E-state index contributed by atoms with van der Waals surface area (Å²) < 4.78 is 5.23. The van der Waals surface area contributed by atoms with Gasteiger partial charge in [0.1, 0.15) is 12.4 Å². The number of rotatable bonds is 5. The van der Waals surface area contributed by atoms with E-state index in [1.807, 2.05) is 30.3 Å². The van der Waals surface area contributed by atoms with Crippen LogP contribution in [-0.4, -0.2) is 17.1 Å². The normalized spacial score (nSPS) is 11.8. The first-order valence-electron chi connectivity index (χ1n) is 6.46. The van der Waals surface area contributed by atoms with Crippen molar-refractivity contribution in [2.24, 2.45) is 0 Å². The number of benzene rings is 2. The number of phenols is 1. The maximum absolute atomic E-state index is 11.9. The molecular formula is C16H18NO3+. The van der Waals surface area contributed by atoms with Gasteiger partial charge in [-0.3, -0.25) is 0 Å². The molecule has 4 N–H and O–H groups in total. The third-order valence-electron chi connectivity index (χ3n) is 2.98. The molecule has 0 amide bonds. The summed E-state index contributed by atoms with van der Waals surface area (Å²) in [5.74, 6) is -0.108. The van der Waals surface area contributed by atoms with Crippen molar-refractivity contribution in [2.75, 3.05) is 0 Å². The van der Waals surface area contributed by atoms with Crippen LogP contribution in [0.5, 0.6) is 5.75 Å². The highest BCUT2D eigenvalue weighted by atomic mass is 16.5. The first-order chi connectivity index (χ1) is 9.65. The van der Waals surface area contributed by atoms with Crippen LogP contribution in [0.4, 0.5) is 0 Å². The molecule has 1 unspecified atom stereocenters. The lowest BCUT2D eigenvalue weighted by atomic mass is 10.1. The summed E-state index contributed by atoms with van der Waals surface area (Å²) in [6, 6.07) is 15.8. The Balaban J connectivity index is 1.84. The molecule has 104 valence electrons. The average Bonchev–Trinajstić information content (AvgIpc) is 2.48. The van der Waals surface area contributed by atoms with Crippen LogP contribution in [-0.2, 0) is 22.6 Å². The van der Waals surface area contributed by atoms with Crippen molar-refractivity contribution >= 4 is 5.97 Å². The maximum atomic E-state index is 11.9. The van der Waals surface area contributed by atoms with E-state index in [0.29, 0.717) is 6.42 Å². The van der Waals surface area contributed by atoms with E-state index in [0.717, 1.165) is 11.1 Å². The minimum Gasteiger partial charge on any atom is -0.508 e. The van der Waals surface area contributed by atoms with E-state index < -0.39 is 6.04 Å². The molecule has 1 atom stereocenters. The topological polar surface area (TPSA) is 74.2 Å². The number of esters is 1. The average molecular weight is 272 g/mol. The Bertz CT molecular complexity index is 552. The minimum atomic E-state index is -0.455. The molecule has 4 nitrogen and oxygen atoms in total. The Morgan fingerprint density at radius 2 is 1.70 bits per heavy atom. The molecule has 2 aromatic rings. The van der Waals surface area contributed by atoms with Crippen molar-refractivity contribution in [3.05, 3.63) is 65.7 Å². The van der Waals surface area contributed by atoms with Crippen LogP contribution in [0.1, 0.15) is 11.1 Å². The lowest BCUT2D eigenvalue weighted by molar-refractivity contribution is -0.408. The van der Waals surface area contributed by atoms with Gasteiger partial charge in [-0.25, -0.2) is 4.79 Å². The molecule has 0 fully saturated rings. The third-order valence-corrected chi connectivity index (χ3v) is 2.98. The molecule has 0 saturated carbocycles. The van der Waals surface area contributed by atoms with Crippen LogP contribution >= 0.6 is 0 Å². The molecule has 0 spiro atoms. The number of ether oxygens (including phenoxy) is 1. The van der Waals surface area contributed by atoms with Crippen LogP contribution in [0, 0.1) is 0 Å². The van der Waals surface area contributed by atoms with Crippen molar-refractivity contribution in [1.29, 1.82) is 0 Å². The first kappa shape index (κ1) is 14.1. The summed E-state index contributed by atoms with van der Waals surface area (Å²) in [5, 5.41) is 9.20. The third kappa shape index (κ3) is 4.10. The van der Waals surface area contributed by atoms with Crippen molar-refractivity contribution in [3.63, 3.8) is 0 Å². The summed E-state index contributed by atoms with van der Waals surface area (Å²) in [4.78, 5) is 11.9. The molecule has 0 aliphatic heterocycles. The molecule has 20 heavy (non-hydrogen) atoms. The van der Waals surface area contributed by atoms with E-state index in [9.17, 15) is 9.90 Å². The van der Waals surface area contributed by atoms with E-state index in [1.54, 1.807) is 24.3 Å². The van der Waals surface area contributed by atoms with Crippen molar-refractivity contribution in [3.8, 4) is 5.75 Å². The highest BCUT2D eigenvalue weighted by Crippen LogP contribution is 2.11. The number of carbonyl (C=O) groups is 1. The zero-order valence-electron chi connectivity index (χ0n) is 11.2. The summed E-state index contributed by atoms with van der Waals surface area (Å²) in [6.45, 7) is 0.265. The Kier molecular flexibility index (Phi) is 4.74. The molecule has 0 heterocycles. The van der Waals surface area contributed by atoms with Crippen LogP contribution in [0.15, 0.2) is 54.6 Å². The molecule has 0 aliphatic carbocycles. The number of carbonyl (C=O) groups excluding carboxylic acids is 1. The highest BCUT2D eigenvalue weighted by molar-refractivity contribution is 5.74. The molecule has 0 radical (unpaired) electrons. The Hall–Kier alpha value is -2.33. The smallest absolute Gasteiger partial charge is 0.365 e. The lowest BCUT2D eigenvalue weighted by Gasteiger charge is -2.09. The van der Waals surface area contributed by atoms with E-state index in [4.69, 9.17) is 4.74 Å². The van der Waals surface area contributed by atoms with Crippen LogP contribution < -0.4 is 5.73 Å². The predicted molar refractivity (Wildman–Crippen MR) is 74.7 cm³/mol. The first-order valence-corrected chi connectivity index (χ1v) is 6.46. The standard InChI is InChI=1S/C16H17NO3/c17-15(10-12-6-8-14(18)9-7-12)16(19)20-11-13-4-2-1-3-5-13/h1-9,15,18H,10-11,17H2/p+1. The fourth-order valence-corrected chi connectivity index (χ4v) is 1.85. The Morgan fingerprint density at radius 3 is 2.35 bits per heavy atom. The molecule has 4 heteroatoms. The van der Waals surface area contributed by atoms with Gasteiger partial charge >= 0.3 is 5.97 Å². The van der Waals surface area contributed by atoms with E-state index in [1.165, 1.54) is 0 Å². The van der Waals surface area contributed by atoms with Gasteiger partial charge in [-0.05, 0) is 23.3 Å². The minimum absolute atomic E-state index is 0.209. The van der Waals surface area contributed by atoms with Gasteiger partial charge < -0.3 is 15.6 Å². The van der Waals surface area contributed by atoms with Crippen LogP contribution in [0.25, 0.3) is 0 Å². The lowest BCUT2D eigenvalue weighted by Crippen LogP contribution is -2.66. The highest BCUT2D eigenvalue weighted by Gasteiger charge is 2.19. The van der Waals surface area contributed by atoms with Crippen molar-refractivity contribution < 1.29 is 20.4 Å². The van der Waals surface area contributed by atoms with Gasteiger partial charge in [-0.1, -0.05) is 42.5 Å². The second kappa shape index (κ2) is 6.73. The largest absolute Gasteiger partial charge is 0.508 e. The molecule has 0 aliphatic rings. The van der Waals surface area contributed by atoms with Gasteiger partial charge in [0.2, 0.25) is 0 Å². The van der Waals surface area contributed by atoms with E-state index >= 15 is 0 Å². The van der Waals surface area contributed by atoms with E-state index in [-0.39, 0.29) is 18.3 Å². The van der Waals surface area contributed by atoms with Crippen molar-refractivity contribution in [2.45, 2.75) is 19.1 Å². The number of hydrogen-bond acceptors (Lipinski definition) is 3. The van der Waals surface area contributed by atoms with Gasteiger partial charge in [-0.2, -0.15) is 0 Å². The SMILES string of the molecule is [NH3+]C(Cc1ccc(O)cc1)C(=O)OCc1ccccc1. The zero-order chi connectivity index (χ0) is 14.4. The summed E-state index contributed by atoms with van der Waals surface area (Å²) in [7, 11) is 0. The van der Waals surface area contributed by atoms with Gasteiger partial charge in [0.25, 0.3) is 0 Å². The van der Waals surface area contributed by atoms with E-state index in [2.05, 4.69) is 5.73 Å². The fraction of sp³-hybridized carbons (Fsp3) is 0.188.